The van der Waals surface area contributed by atoms with Crippen molar-refractivity contribution in [2.75, 3.05) is 49.3 Å². The second-order valence-electron chi connectivity index (χ2n) is 26.2. The summed E-state index contributed by atoms with van der Waals surface area (Å²) < 4.78 is 138. The van der Waals surface area contributed by atoms with Gasteiger partial charge in [0.1, 0.15) is 51.1 Å². The lowest BCUT2D eigenvalue weighted by Crippen LogP contribution is -2.41. The van der Waals surface area contributed by atoms with Crippen molar-refractivity contribution < 1.29 is 62.1 Å². The van der Waals surface area contributed by atoms with E-state index < -0.39 is 67.6 Å². The van der Waals surface area contributed by atoms with Gasteiger partial charge in [-0.15, -0.1) is 26.3 Å². The third kappa shape index (κ3) is 14.9. The molecule has 13 rings (SSSR count). The molecule has 0 atom stereocenters. The van der Waals surface area contributed by atoms with Crippen LogP contribution in [0.4, 0.5) is 28.9 Å². The first kappa shape index (κ1) is 76.3. The predicted octanol–water partition coefficient (Wildman–Crippen LogP) is 16.4. The number of fused-ring (bicyclic) bond motifs is 4. The average Bonchev–Trinajstić information content (AvgIpc) is 1.56. The average molecular weight is 1500 g/mol. The lowest BCUT2D eigenvalue weighted by molar-refractivity contribution is 0.00578. The van der Waals surface area contributed by atoms with Crippen molar-refractivity contribution in [3.63, 3.8) is 0 Å². The normalized spacial score (nSPS) is 13.3. The van der Waals surface area contributed by atoms with Crippen LogP contribution in [0.25, 0.3) is 100 Å². The van der Waals surface area contributed by atoms with Gasteiger partial charge in [-0.3, -0.25) is 18.2 Å². The number of hydrogen-bond acceptors (Lipinski definition) is 12. The molecule has 1 fully saturated rings. The van der Waals surface area contributed by atoms with Crippen molar-refractivity contribution in [3.8, 4) is 56.4 Å². The number of anilines is 2. The summed E-state index contributed by atoms with van der Waals surface area (Å²) in [7, 11) is -2.17. The molecule has 0 saturated carbocycles. The Kier molecular flexibility index (Phi) is 21.8. The number of nitrogens with zero attached hydrogens (tertiary/aromatic N) is 6. The fraction of sp³-hybridized carbons (Fsp3) is 0.200. The largest absolute Gasteiger partial charge is 0.512 e. The quantitative estimate of drug-likeness (QED) is 0.0316. The number of pyridine rings is 2. The minimum Gasteiger partial charge on any atom is -0.455 e. The maximum absolute atomic E-state index is 15.5. The molecule has 6 aromatic carbocycles. The predicted molar refractivity (Wildman–Crippen MR) is 415 cm³/mol. The highest BCUT2D eigenvalue weighted by Crippen LogP contribution is 2.45. The van der Waals surface area contributed by atoms with E-state index in [0.29, 0.717) is 97.9 Å². The van der Waals surface area contributed by atoms with E-state index in [1.807, 2.05) is 67.3 Å². The summed E-state index contributed by atoms with van der Waals surface area (Å²) in [4.78, 5) is 35.8. The standard InChI is InChI=1S/C37H32F2N4O4S.C26H23ClFN3O4S.C17H21BFNO2/c1-6-9-22-14-17-29(41-35(22)27-21-43(18-7-2)30-11-8-10-28(39)33(27)30)25-19-26-32(20-31(25)42(4)48(5,45)46)47-36(34(26)37(44)40-3)23-12-15-24(38)16-13-23;1-5-6-16-9-12-20(30-25(16)27)18-13-19-22(14-21(18)31(3)36(4,33)34)35-24(23(19)26(32)29-2)15-7-10-17(28)11-8-15;1-6-10-20-14-9-7-8-13(19)12(14)11-15(20)18-21-16(2,3)17(4,5)22-18/h6-8,10-17,19-21H,1-2,9,18H2,3-5H3,(H,40,44);5,7-14H,1,6H2,2-4H3,(H,29,32);6-9,11H,1,10H2,2-5H3. The zero-order valence-corrected chi connectivity index (χ0v) is 62.3. The Hall–Kier alpha value is -10.8. The van der Waals surface area contributed by atoms with Crippen LogP contribution in [0.1, 0.15) is 59.5 Å². The zero-order chi connectivity index (χ0) is 76.6. The number of hydrogen-bond donors (Lipinski definition) is 2. The molecule has 18 nitrogen and oxygen atoms in total. The van der Waals surface area contributed by atoms with Crippen LogP contribution in [-0.4, -0.2) is 107 Å². The highest BCUT2D eigenvalue weighted by Gasteiger charge is 2.53. The summed E-state index contributed by atoms with van der Waals surface area (Å²) in [6.07, 6.45) is 11.9. The lowest BCUT2D eigenvalue weighted by atomic mass is 9.84. The lowest BCUT2D eigenvalue weighted by Gasteiger charge is -2.32. The first-order chi connectivity index (χ1) is 50.3. The van der Waals surface area contributed by atoms with Crippen molar-refractivity contribution >= 4 is 111 Å². The van der Waals surface area contributed by atoms with Gasteiger partial charge < -0.3 is 37.9 Å². The first-order valence-corrected chi connectivity index (χ1v) is 37.4. The van der Waals surface area contributed by atoms with E-state index >= 15 is 4.39 Å². The SMILES string of the molecule is C=CCc1ccc(-c2cc3c(C(=O)NC)c(-c4ccc(F)cc4)oc3cc2N(C)S(C)(=O)=O)nc1-c1cn(CC=C)c2cccc(F)c12.C=CCc1ccc(-c2cc3c(C(=O)NC)c(-c4ccc(F)cc4)oc3cc2N(C)S(C)(=O)=O)nc1Cl.C=CCn1c(B2OC(C)(C)C(C)(C)O2)cc2c(F)cccc21. The third-order valence-corrected chi connectivity index (χ3v) is 21.5. The molecule has 1 aliphatic rings. The molecule has 0 spiro atoms. The molecule has 0 aliphatic carbocycles. The topological polar surface area (TPSA) is 213 Å². The molecular formula is C80H76BClF4N8O10S2. The summed E-state index contributed by atoms with van der Waals surface area (Å²) in [5.74, 6) is -2.00. The maximum atomic E-state index is 15.5. The fourth-order valence-electron chi connectivity index (χ4n) is 12.5. The van der Waals surface area contributed by atoms with E-state index in [0.717, 1.165) is 43.4 Å². The Morgan fingerprint density at radius 3 is 1.50 bits per heavy atom. The van der Waals surface area contributed by atoms with Crippen molar-refractivity contribution in [2.24, 2.45) is 0 Å². The van der Waals surface area contributed by atoms with Crippen LogP contribution in [0, 0.1) is 23.3 Å². The van der Waals surface area contributed by atoms with E-state index in [1.165, 1.54) is 88.9 Å². The molecule has 0 radical (unpaired) electrons. The Balaban J connectivity index is 0.000000170. The molecule has 106 heavy (non-hydrogen) atoms. The van der Waals surface area contributed by atoms with E-state index in [4.69, 9.17) is 34.7 Å². The van der Waals surface area contributed by atoms with Crippen molar-refractivity contribution in [1.82, 2.24) is 29.7 Å². The number of halogens is 5. The maximum Gasteiger partial charge on any atom is 0.512 e. The second-order valence-corrected chi connectivity index (χ2v) is 30.5. The first-order valence-electron chi connectivity index (χ1n) is 33.3. The van der Waals surface area contributed by atoms with Gasteiger partial charge in [-0.05, 0) is 155 Å². The second kappa shape index (κ2) is 30.3. The van der Waals surface area contributed by atoms with Crippen LogP contribution >= 0.6 is 11.6 Å². The van der Waals surface area contributed by atoms with Gasteiger partial charge in [0.15, 0.2) is 0 Å². The van der Waals surface area contributed by atoms with Crippen LogP contribution in [0.2, 0.25) is 5.15 Å². The number of nitrogens with one attached hydrogen (secondary N) is 2. The number of carbonyl (C=O) groups excluding carboxylic acids is 2. The van der Waals surface area contributed by atoms with Gasteiger partial charge in [0.05, 0.1) is 74.3 Å². The minimum atomic E-state index is -3.79. The number of amides is 2. The van der Waals surface area contributed by atoms with Gasteiger partial charge in [-0.25, -0.2) is 44.4 Å². The fourth-order valence-corrected chi connectivity index (χ4v) is 13.8. The number of aromatic nitrogens is 4. The van der Waals surface area contributed by atoms with Gasteiger partial charge in [-0.2, -0.15) is 0 Å². The van der Waals surface area contributed by atoms with E-state index in [9.17, 15) is 39.6 Å². The minimum absolute atomic E-state index is 0.187. The Bertz CT molecular complexity index is 5720. The van der Waals surface area contributed by atoms with Gasteiger partial charge >= 0.3 is 7.12 Å². The van der Waals surface area contributed by atoms with Gasteiger partial charge in [0.25, 0.3) is 11.8 Å². The molecule has 0 bridgehead atoms. The molecule has 0 unspecified atom stereocenters. The molecular weight excluding hydrogens is 1420 g/mol. The van der Waals surface area contributed by atoms with Gasteiger partial charge in [0, 0.05) is 115 Å². The van der Waals surface area contributed by atoms with Gasteiger partial charge in [0.2, 0.25) is 20.0 Å². The number of carbonyl (C=O) groups is 2. The van der Waals surface area contributed by atoms with Crippen molar-refractivity contribution in [3.05, 3.63) is 247 Å². The Labute approximate surface area is 617 Å². The van der Waals surface area contributed by atoms with Crippen molar-refractivity contribution in [2.45, 2.75) is 64.8 Å². The summed E-state index contributed by atoms with van der Waals surface area (Å²) >= 11 is 6.40. The molecule has 2 amide bonds. The number of benzene rings is 6. The molecule has 6 aromatic heterocycles. The molecule has 2 N–H and O–H groups in total. The van der Waals surface area contributed by atoms with Crippen molar-refractivity contribution in [1.29, 1.82) is 0 Å². The van der Waals surface area contributed by atoms with Gasteiger partial charge in [-0.1, -0.05) is 60.2 Å². The molecule has 1 aliphatic heterocycles. The summed E-state index contributed by atoms with van der Waals surface area (Å²) in [5.41, 5.74) is 8.03. The summed E-state index contributed by atoms with van der Waals surface area (Å²) in [6, 6.07) is 36.3. The Morgan fingerprint density at radius 1 is 0.575 bits per heavy atom. The molecule has 12 aromatic rings. The number of sulfonamides is 2. The molecule has 546 valence electrons. The number of allylic oxidation sites excluding steroid dienone is 4. The van der Waals surface area contributed by atoms with E-state index in [1.54, 1.807) is 78.9 Å². The molecule has 1 saturated heterocycles. The van der Waals surface area contributed by atoms with Crippen LogP contribution in [-0.2, 0) is 55.3 Å². The van der Waals surface area contributed by atoms with Crippen LogP contribution in [0.5, 0.6) is 0 Å². The van der Waals surface area contributed by atoms with Crippen LogP contribution in [0.15, 0.2) is 205 Å². The highest BCUT2D eigenvalue weighted by atomic mass is 35.5. The van der Waals surface area contributed by atoms with E-state index in [2.05, 4.69) is 41.9 Å². The zero-order valence-electron chi connectivity index (χ0n) is 59.9. The molecule has 26 heteroatoms. The smallest absolute Gasteiger partial charge is 0.455 e. The number of rotatable bonds is 20. The van der Waals surface area contributed by atoms with E-state index in [-0.39, 0.29) is 56.2 Å². The van der Waals surface area contributed by atoms with Crippen LogP contribution in [0.3, 0.4) is 0 Å². The number of furan rings is 2. The molecule has 7 heterocycles. The highest BCUT2D eigenvalue weighted by molar-refractivity contribution is 7.92. The monoisotopic (exact) mass is 1490 g/mol. The summed E-state index contributed by atoms with van der Waals surface area (Å²) in [5, 5.41) is 7.29. The summed E-state index contributed by atoms with van der Waals surface area (Å²) in [6.45, 7) is 24.3. The Morgan fingerprint density at radius 2 is 1.04 bits per heavy atom. The third-order valence-electron chi connectivity index (χ3n) is 18.8. The van der Waals surface area contributed by atoms with Crippen LogP contribution < -0.4 is 24.8 Å².